The van der Waals surface area contributed by atoms with E-state index in [-0.39, 0.29) is 4.99 Å². The number of benzene rings is 1. The second-order valence-electron chi connectivity index (χ2n) is 4.14. The first-order valence-corrected chi connectivity index (χ1v) is 6.77. The van der Waals surface area contributed by atoms with Crippen LogP contribution in [0.15, 0.2) is 42.6 Å². The van der Waals surface area contributed by atoms with Crippen molar-refractivity contribution in [2.75, 3.05) is 6.61 Å². The largest absolute Gasteiger partial charge is 0.494 e. The molecule has 0 fully saturated rings. The first kappa shape index (κ1) is 14.3. The van der Waals surface area contributed by atoms with Crippen LogP contribution in [0.25, 0.3) is 0 Å². The lowest BCUT2D eigenvalue weighted by molar-refractivity contribution is 0.317. The molecule has 0 aliphatic heterocycles. The summed E-state index contributed by atoms with van der Waals surface area (Å²) in [7, 11) is 0. The molecule has 0 radical (unpaired) electrons. The van der Waals surface area contributed by atoms with E-state index in [0.29, 0.717) is 23.8 Å². The highest BCUT2D eigenvalue weighted by Gasteiger charge is 2.08. The van der Waals surface area contributed by atoms with Crippen molar-refractivity contribution >= 4 is 17.2 Å². The van der Waals surface area contributed by atoms with Crippen LogP contribution >= 0.6 is 12.2 Å². The minimum absolute atomic E-state index is 0.212. The van der Waals surface area contributed by atoms with Crippen LogP contribution in [0.4, 0.5) is 0 Å². The topological polar surface area (TPSA) is 57.4 Å². The smallest absolute Gasteiger partial charge is 0.156 e. The lowest BCUT2D eigenvalue weighted by Crippen LogP contribution is -2.12. The Kier molecular flexibility index (Phi) is 4.90. The van der Waals surface area contributed by atoms with Gasteiger partial charge >= 0.3 is 0 Å². The van der Waals surface area contributed by atoms with Crippen LogP contribution in [0, 0.1) is 0 Å². The Balaban J connectivity index is 2.12. The maximum absolute atomic E-state index is 5.74. The van der Waals surface area contributed by atoms with Gasteiger partial charge in [-0.25, -0.2) is 4.98 Å². The van der Waals surface area contributed by atoms with Crippen molar-refractivity contribution in [1.82, 2.24) is 4.98 Å². The van der Waals surface area contributed by atoms with Crippen LogP contribution in [-0.4, -0.2) is 16.6 Å². The molecule has 0 saturated heterocycles. The van der Waals surface area contributed by atoms with Gasteiger partial charge in [0.1, 0.15) is 22.2 Å². The van der Waals surface area contributed by atoms with Gasteiger partial charge in [0, 0.05) is 6.20 Å². The molecule has 0 aliphatic carbocycles. The summed E-state index contributed by atoms with van der Waals surface area (Å²) in [5.41, 5.74) is 6.10. The van der Waals surface area contributed by atoms with Crippen LogP contribution in [0.1, 0.15) is 19.0 Å². The number of thiocarbonyl (C=S) groups is 1. The molecule has 0 unspecified atom stereocenters. The second-order valence-corrected chi connectivity index (χ2v) is 4.58. The molecule has 104 valence electrons. The number of ether oxygens (including phenoxy) is 2. The molecule has 0 saturated carbocycles. The SMILES string of the molecule is CCCOc1ccc(Oc2cccnc2C(N)=S)cc1. The molecule has 1 heterocycles. The van der Waals surface area contributed by atoms with Crippen molar-refractivity contribution in [3.63, 3.8) is 0 Å². The molecule has 0 atom stereocenters. The molecular weight excluding hydrogens is 272 g/mol. The molecule has 2 aromatic rings. The Morgan fingerprint density at radius 1 is 1.20 bits per heavy atom. The van der Waals surface area contributed by atoms with E-state index in [4.69, 9.17) is 27.4 Å². The van der Waals surface area contributed by atoms with Gasteiger partial charge in [-0.2, -0.15) is 0 Å². The molecule has 1 aromatic carbocycles. The van der Waals surface area contributed by atoms with Crippen LogP contribution in [-0.2, 0) is 0 Å². The van der Waals surface area contributed by atoms with Gasteiger partial charge in [0.05, 0.1) is 6.61 Å². The van der Waals surface area contributed by atoms with Crippen LogP contribution in [0.5, 0.6) is 17.2 Å². The maximum atomic E-state index is 5.74. The lowest BCUT2D eigenvalue weighted by Gasteiger charge is -2.10. The molecule has 4 nitrogen and oxygen atoms in total. The van der Waals surface area contributed by atoms with E-state index in [0.717, 1.165) is 12.2 Å². The molecule has 2 N–H and O–H groups in total. The molecular formula is C15H16N2O2S. The van der Waals surface area contributed by atoms with E-state index in [2.05, 4.69) is 11.9 Å². The molecule has 5 heteroatoms. The van der Waals surface area contributed by atoms with Crippen molar-refractivity contribution in [3.8, 4) is 17.2 Å². The standard InChI is InChI=1S/C15H16N2O2S/c1-2-10-18-11-5-7-12(8-6-11)19-13-4-3-9-17-14(13)15(16)20/h3-9H,2,10H2,1H3,(H2,16,20). The maximum Gasteiger partial charge on any atom is 0.156 e. The summed E-state index contributed by atoms with van der Waals surface area (Å²) >= 11 is 4.95. The number of hydrogen-bond donors (Lipinski definition) is 1. The Labute approximate surface area is 123 Å². The summed E-state index contributed by atoms with van der Waals surface area (Å²) in [6.07, 6.45) is 2.61. The Morgan fingerprint density at radius 2 is 1.90 bits per heavy atom. The predicted molar refractivity (Wildman–Crippen MR) is 82.4 cm³/mol. The zero-order valence-corrected chi connectivity index (χ0v) is 12.0. The average Bonchev–Trinajstić information content (AvgIpc) is 2.47. The highest BCUT2D eigenvalue weighted by atomic mass is 32.1. The van der Waals surface area contributed by atoms with Gasteiger partial charge in [0.15, 0.2) is 5.75 Å². The zero-order valence-electron chi connectivity index (χ0n) is 11.2. The fraction of sp³-hybridized carbons (Fsp3) is 0.200. The monoisotopic (exact) mass is 288 g/mol. The average molecular weight is 288 g/mol. The summed E-state index contributed by atoms with van der Waals surface area (Å²) in [5.74, 6) is 2.04. The van der Waals surface area contributed by atoms with Crippen molar-refractivity contribution in [1.29, 1.82) is 0 Å². The van der Waals surface area contributed by atoms with E-state index >= 15 is 0 Å². The number of hydrogen-bond acceptors (Lipinski definition) is 4. The number of nitrogens with two attached hydrogens (primary N) is 1. The normalized spacial score (nSPS) is 10.1. The quantitative estimate of drug-likeness (QED) is 0.826. The fourth-order valence-corrected chi connectivity index (χ4v) is 1.76. The van der Waals surface area contributed by atoms with Gasteiger partial charge in [-0.15, -0.1) is 0 Å². The van der Waals surface area contributed by atoms with Gasteiger partial charge in [-0.3, -0.25) is 0 Å². The highest BCUT2D eigenvalue weighted by Crippen LogP contribution is 2.25. The van der Waals surface area contributed by atoms with Gasteiger partial charge in [-0.05, 0) is 42.8 Å². The summed E-state index contributed by atoms with van der Waals surface area (Å²) in [4.78, 5) is 4.33. The van der Waals surface area contributed by atoms with Crippen LogP contribution in [0.3, 0.4) is 0 Å². The number of aromatic nitrogens is 1. The van der Waals surface area contributed by atoms with E-state index in [1.165, 1.54) is 0 Å². The molecule has 0 spiro atoms. The fourth-order valence-electron chi connectivity index (χ4n) is 1.61. The first-order chi connectivity index (χ1) is 9.70. The zero-order chi connectivity index (χ0) is 14.4. The van der Waals surface area contributed by atoms with Crippen molar-refractivity contribution in [2.24, 2.45) is 5.73 Å². The van der Waals surface area contributed by atoms with Gasteiger partial charge in [0.2, 0.25) is 0 Å². The van der Waals surface area contributed by atoms with Gasteiger partial charge in [0.25, 0.3) is 0 Å². The first-order valence-electron chi connectivity index (χ1n) is 6.36. The molecule has 0 amide bonds. The third-order valence-corrected chi connectivity index (χ3v) is 2.72. The molecule has 0 aliphatic rings. The van der Waals surface area contributed by atoms with E-state index in [1.54, 1.807) is 18.3 Å². The molecule has 0 bridgehead atoms. The molecule has 2 rings (SSSR count). The lowest BCUT2D eigenvalue weighted by atomic mass is 10.3. The summed E-state index contributed by atoms with van der Waals surface area (Å²) < 4.78 is 11.3. The molecule has 1 aromatic heterocycles. The summed E-state index contributed by atoms with van der Waals surface area (Å²) in [6.45, 7) is 2.77. The van der Waals surface area contributed by atoms with E-state index in [9.17, 15) is 0 Å². The summed E-state index contributed by atoms with van der Waals surface area (Å²) in [6, 6.07) is 10.9. The van der Waals surface area contributed by atoms with Crippen molar-refractivity contribution in [2.45, 2.75) is 13.3 Å². The minimum atomic E-state index is 0.212. The number of rotatable bonds is 6. The Bertz CT molecular complexity index is 585. The molecule has 20 heavy (non-hydrogen) atoms. The van der Waals surface area contributed by atoms with Gasteiger partial charge in [-0.1, -0.05) is 19.1 Å². The van der Waals surface area contributed by atoms with Crippen LogP contribution in [0.2, 0.25) is 0 Å². The minimum Gasteiger partial charge on any atom is -0.494 e. The predicted octanol–water partition coefficient (Wildman–Crippen LogP) is 3.30. The van der Waals surface area contributed by atoms with Crippen molar-refractivity contribution < 1.29 is 9.47 Å². The third kappa shape index (κ3) is 3.68. The second kappa shape index (κ2) is 6.86. The van der Waals surface area contributed by atoms with Crippen LogP contribution < -0.4 is 15.2 Å². The Morgan fingerprint density at radius 3 is 2.55 bits per heavy atom. The third-order valence-electron chi connectivity index (χ3n) is 2.53. The van der Waals surface area contributed by atoms with E-state index in [1.807, 2.05) is 24.3 Å². The van der Waals surface area contributed by atoms with Gasteiger partial charge < -0.3 is 15.2 Å². The summed E-state index contributed by atoms with van der Waals surface area (Å²) in [5, 5.41) is 0. The highest BCUT2D eigenvalue weighted by molar-refractivity contribution is 7.80. The van der Waals surface area contributed by atoms with E-state index < -0.39 is 0 Å². The Hall–Kier alpha value is -2.14. The number of nitrogens with zero attached hydrogens (tertiary/aromatic N) is 1. The van der Waals surface area contributed by atoms with Crippen molar-refractivity contribution in [3.05, 3.63) is 48.3 Å². The number of pyridine rings is 1.